The Morgan fingerprint density at radius 1 is 1.56 bits per heavy atom. The summed E-state index contributed by atoms with van der Waals surface area (Å²) in [5, 5.41) is 13.4. The quantitative estimate of drug-likeness (QED) is 0.595. The molecule has 0 aromatic carbocycles. The Morgan fingerprint density at radius 2 is 2.22 bits per heavy atom. The van der Waals surface area contributed by atoms with Crippen LogP contribution in [0.4, 0.5) is 5.95 Å². The Bertz CT molecular complexity index is 172. The van der Waals surface area contributed by atoms with E-state index in [-0.39, 0.29) is 12.4 Å². The molecule has 1 aromatic rings. The molecule has 1 heterocycles. The third-order valence-corrected chi connectivity index (χ3v) is 0.844. The number of nitrogens with one attached hydrogen (secondary N) is 1. The highest BCUT2D eigenvalue weighted by Gasteiger charge is 1.93. The molecule has 0 aliphatic rings. The van der Waals surface area contributed by atoms with Gasteiger partial charge in [-0.15, -0.1) is 12.4 Å². The van der Waals surface area contributed by atoms with Crippen molar-refractivity contribution in [2.24, 2.45) is 7.05 Å². The molecule has 0 unspecified atom stereocenters. The van der Waals surface area contributed by atoms with Crippen LogP contribution in [0, 0.1) is 0 Å². The first kappa shape index (κ1) is 8.16. The van der Waals surface area contributed by atoms with Crippen LogP contribution in [-0.2, 0) is 7.05 Å². The Balaban J connectivity index is 0.000000640. The molecule has 0 spiro atoms. The van der Waals surface area contributed by atoms with Gasteiger partial charge in [0.15, 0.2) is 0 Å². The summed E-state index contributed by atoms with van der Waals surface area (Å²) in [4.78, 5) is 0. The van der Waals surface area contributed by atoms with E-state index in [2.05, 4.69) is 20.8 Å². The van der Waals surface area contributed by atoms with Crippen molar-refractivity contribution in [3.8, 4) is 0 Å². The van der Waals surface area contributed by atoms with Crippen LogP contribution >= 0.6 is 12.4 Å². The molecule has 6 heteroatoms. The standard InChI is InChI=1S/C3H7N5.ClH/c1-4-3-5-6-7-8(3)2;/h1-2H3,(H,4,5,7);1H. The van der Waals surface area contributed by atoms with Crippen molar-refractivity contribution in [3.63, 3.8) is 0 Å². The molecule has 0 radical (unpaired) electrons. The molecule has 0 aliphatic carbocycles. The van der Waals surface area contributed by atoms with E-state index in [1.54, 1.807) is 18.8 Å². The minimum absolute atomic E-state index is 0. The molecule has 1 N–H and O–H groups in total. The largest absolute Gasteiger partial charge is 0.356 e. The van der Waals surface area contributed by atoms with Gasteiger partial charge in [0.2, 0.25) is 5.95 Å². The molecular formula is C3H8ClN5. The van der Waals surface area contributed by atoms with E-state index in [1.165, 1.54) is 0 Å². The van der Waals surface area contributed by atoms with Crippen molar-refractivity contribution in [3.05, 3.63) is 0 Å². The highest BCUT2D eigenvalue weighted by Crippen LogP contribution is 1.90. The maximum atomic E-state index is 3.62. The van der Waals surface area contributed by atoms with E-state index in [0.29, 0.717) is 5.95 Å². The van der Waals surface area contributed by atoms with Crippen LogP contribution in [0.2, 0.25) is 0 Å². The average Bonchev–Trinajstić information content (AvgIpc) is 2.14. The number of aromatic nitrogens is 4. The van der Waals surface area contributed by atoms with Gasteiger partial charge in [-0.3, -0.25) is 0 Å². The third-order valence-electron chi connectivity index (χ3n) is 0.844. The lowest BCUT2D eigenvalue weighted by atomic mass is 11.0. The smallest absolute Gasteiger partial charge is 0.242 e. The number of aryl methyl sites for hydroxylation is 1. The second-order valence-corrected chi connectivity index (χ2v) is 1.38. The van der Waals surface area contributed by atoms with Crippen LogP contribution < -0.4 is 5.32 Å². The molecule has 52 valence electrons. The lowest BCUT2D eigenvalue weighted by molar-refractivity contribution is 0.714. The molecule has 0 bridgehead atoms. The average molecular weight is 150 g/mol. The summed E-state index contributed by atoms with van der Waals surface area (Å²) in [6.07, 6.45) is 0. The Labute approximate surface area is 58.8 Å². The van der Waals surface area contributed by atoms with Crippen molar-refractivity contribution in [2.45, 2.75) is 0 Å². The molecule has 0 saturated heterocycles. The molecule has 5 nitrogen and oxygen atoms in total. The van der Waals surface area contributed by atoms with Crippen LogP contribution in [0.15, 0.2) is 0 Å². The van der Waals surface area contributed by atoms with E-state index in [1.807, 2.05) is 0 Å². The molecule has 1 aromatic heterocycles. The monoisotopic (exact) mass is 149 g/mol. The van der Waals surface area contributed by atoms with E-state index >= 15 is 0 Å². The second kappa shape index (κ2) is 3.24. The zero-order valence-corrected chi connectivity index (χ0v) is 6.01. The normalized spacial score (nSPS) is 8.22. The van der Waals surface area contributed by atoms with Gasteiger partial charge in [0.05, 0.1) is 0 Å². The lowest BCUT2D eigenvalue weighted by Gasteiger charge is -1.91. The molecule has 0 atom stereocenters. The van der Waals surface area contributed by atoms with Gasteiger partial charge in [-0.05, 0) is 10.4 Å². The maximum absolute atomic E-state index is 3.62. The van der Waals surface area contributed by atoms with Gasteiger partial charge in [0.25, 0.3) is 0 Å². The fourth-order valence-electron chi connectivity index (χ4n) is 0.441. The van der Waals surface area contributed by atoms with Crippen LogP contribution in [0.3, 0.4) is 0 Å². The van der Waals surface area contributed by atoms with Gasteiger partial charge in [-0.2, -0.15) is 0 Å². The predicted octanol–water partition coefficient (Wildman–Crippen LogP) is -0.326. The molecule has 0 saturated carbocycles. The molecule has 0 amide bonds. The summed E-state index contributed by atoms with van der Waals surface area (Å²) >= 11 is 0. The van der Waals surface area contributed by atoms with Crippen molar-refractivity contribution in [1.82, 2.24) is 20.2 Å². The van der Waals surface area contributed by atoms with Crippen LogP contribution in [0.5, 0.6) is 0 Å². The fraction of sp³-hybridized carbons (Fsp3) is 0.667. The molecular weight excluding hydrogens is 142 g/mol. The third kappa shape index (κ3) is 1.53. The fourth-order valence-corrected chi connectivity index (χ4v) is 0.441. The first-order valence-corrected chi connectivity index (χ1v) is 2.24. The van der Waals surface area contributed by atoms with Crippen molar-refractivity contribution >= 4 is 18.4 Å². The SMILES string of the molecule is CNc1nnnn1C.Cl. The number of hydrogen-bond donors (Lipinski definition) is 1. The summed E-state index contributed by atoms with van der Waals surface area (Å²) in [5.41, 5.74) is 0. The molecule has 1 rings (SSSR count). The van der Waals surface area contributed by atoms with Gasteiger partial charge >= 0.3 is 0 Å². The highest BCUT2D eigenvalue weighted by atomic mass is 35.5. The summed E-state index contributed by atoms with van der Waals surface area (Å²) in [6, 6.07) is 0. The van der Waals surface area contributed by atoms with Gasteiger partial charge in [0, 0.05) is 14.1 Å². The molecule has 0 fully saturated rings. The van der Waals surface area contributed by atoms with Crippen LogP contribution in [-0.4, -0.2) is 27.3 Å². The number of anilines is 1. The first-order chi connectivity index (χ1) is 3.84. The number of nitrogens with zero attached hydrogens (tertiary/aromatic N) is 4. The molecule has 0 aliphatic heterocycles. The van der Waals surface area contributed by atoms with Crippen LogP contribution in [0.1, 0.15) is 0 Å². The van der Waals surface area contributed by atoms with Crippen molar-refractivity contribution < 1.29 is 0 Å². The zero-order chi connectivity index (χ0) is 5.98. The minimum atomic E-state index is 0. The van der Waals surface area contributed by atoms with Crippen molar-refractivity contribution in [1.29, 1.82) is 0 Å². The topological polar surface area (TPSA) is 55.6 Å². The predicted molar refractivity (Wildman–Crippen MR) is 35.6 cm³/mol. The van der Waals surface area contributed by atoms with E-state index in [0.717, 1.165) is 0 Å². The highest BCUT2D eigenvalue weighted by molar-refractivity contribution is 5.85. The number of rotatable bonds is 1. The summed E-state index contributed by atoms with van der Waals surface area (Å²) in [6.45, 7) is 0. The van der Waals surface area contributed by atoms with E-state index < -0.39 is 0 Å². The summed E-state index contributed by atoms with van der Waals surface area (Å²) < 4.78 is 1.56. The zero-order valence-electron chi connectivity index (χ0n) is 5.20. The number of hydrogen-bond acceptors (Lipinski definition) is 4. The molecule has 9 heavy (non-hydrogen) atoms. The van der Waals surface area contributed by atoms with Gasteiger partial charge in [0.1, 0.15) is 0 Å². The van der Waals surface area contributed by atoms with Gasteiger partial charge in [-0.25, -0.2) is 4.68 Å². The van der Waals surface area contributed by atoms with Gasteiger partial charge < -0.3 is 5.32 Å². The Kier molecular flexibility index (Phi) is 2.94. The Hall–Kier alpha value is -0.840. The van der Waals surface area contributed by atoms with E-state index in [9.17, 15) is 0 Å². The van der Waals surface area contributed by atoms with Crippen LogP contribution in [0.25, 0.3) is 0 Å². The van der Waals surface area contributed by atoms with E-state index in [4.69, 9.17) is 0 Å². The van der Waals surface area contributed by atoms with Gasteiger partial charge in [-0.1, -0.05) is 5.10 Å². The maximum Gasteiger partial charge on any atom is 0.242 e. The first-order valence-electron chi connectivity index (χ1n) is 2.24. The minimum Gasteiger partial charge on any atom is -0.356 e. The number of tetrazole rings is 1. The summed E-state index contributed by atoms with van der Waals surface area (Å²) in [5.74, 6) is 0.671. The summed E-state index contributed by atoms with van der Waals surface area (Å²) in [7, 11) is 3.54. The number of halogens is 1. The van der Waals surface area contributed by atoms with Crippen molar-refractivity contribution in [2.75, 3.05) is 12.4 Å². The second-order valence-electron chi connectivity index (χ2n) is 1.38. The lowest BCUT2D eigenvalue weighted by Crippen LogP contribution is -1.98. The Morgan fingerprint density at radius 3 is 2.44 bits per heavy atom.